The zero-order valence-electron chi connectivity index (χ0n) is 8.57. The molecule has 0 saturated heterocycles. The summed E-state index contributed by atoms with van der Waals surface area (Å²) in [6.07, 6.45) is 6.13. The highest BCUT2D eigenvalue weighted by atomic mass is 16.3. The van der Waals surface area contributed by atoms with Crippen molar-refractivity contribution in [2.75, 3.05) is 6.61 Å². The molecule has 3 nitrogen and oxygen atoms in total. The summed E-state index contributed by atoms with van der Waals surface area (Å²) in [5.74, 6) is 0.440. The third-order valence-corrected chi connectivity index (χ3v) is 1.34. The number of aryl methyl sites for hydroxylation is 1. The molecule has 0 aliphatic rings. The number of hydrogen-bond acceptors (Lipinski definition) is 3. The van der Waals surface area contributed by atoms with E-state index in [-0.39, 0.29) is 0 Å². The quantitative estimate of drug-likeness (QED) is 0.756. The van der Waals surface area contributed by atoms with Crippen molar-refractivity contribution in [1.29, 1.82) is 0 Å². The average Bonchev–Trinajstić information content (AvgIpc) is 2.20. The van der Waals surface area contributed by atoms with Crippen molar-refractivity contribution < 1.29 is 5.11 Å². The lowest BCUT2D eigenvalue weighted by Gasteiger charge is -1.90. The minimum Gasteiger partial charge on any atom is -0.396 e. The standard InChI is InChI=1S/C6H8N2.C4H10O/c1-2-6-5-7-3-4-8-6;1-4(2)3-5/h3-5H,2H2,1H3;4-5H,3H2,1-2H3. The molecule has 3 heteroatoms. The Labute approximate surface area is 79.9 Å². The van der Waals surface area contributed by atoms with E-state index < -0.39 is 0 Å². The molecule has 0 unspecified atom stereocenters. The molecule has 0 aromatic carbocycles. The number of aliphatic hydroxyl groups is 1. The van der Waals surface area contributed by atoms with Crippen molar-refractivity contribution in [3.05, 3.63) is 24.3 Å². The topological polar surface area (TPSA) is 46.0 Å². The first kappa shape index (κ1) is 12.0. The van der Waals surface area contributed by atoms with Gasteiger partial charge in [0.25, 0.3) is 0 Å². The van der Waals surface area contributed by atoms with Crippen molar-refractivity contribution in [2.24, 2.45) is 5.92 Å². The van der Waals surface area contributed by atoms with E-state index in [9.17, 15) is 0 Å². The molecular formula is C10H18N2O. The van der Waals surface area contributed by atoms with Gasteiger partial charge in [-0.25, -0.2) is 0 Å². The molecule has 1 heterocycles. The number of rotatable bonds is 2. The van der Waals surface area contributed by atoms with Crippen molar-refractivity contribution in [3.8, 4) is 0 Å². The molecule has 1 aromatic rings. The maximum Gasteiger partial charge on any atom is 0.0583 e. The molecule has 0 fully saturated rings. The third kappa shape index (κ3) is 7.40. The first-order valence-corrected chi connectivity index (χ1v) is 4.56. The summed E-state index contributed by atoms with van der Waals surface area (Å²) in [6, 6.07) is 0. The second-order valence-corrected chi connectivity index (χ2v) is 3.13. The summed E-state index contributed by atoms with van der Waals surface area (Å²) >= 11 is 0. The van der Waals surface area contributed by atoms with Gasteiger partial charge in [0, 0.05) is 25.2 Å². The van der Waals surface area contributed by atoms with Crippen LogP contribution in [0.15, 0.2) is 18.6 Å². The minimum absolute atomic E-state index is 0.306. The van der Waals surface area contributed by atoms with Gasteiger partial charge in [-0.3, -0.25) is 9.97 Å². The fraction of sp³-hybridized carbons (Fsp3) is 0.600. The third-order valence-electron chi connectivity index (χ3n) is 1.34. The first-order chi connectivity index (χ1) is 6.20. The van der Waals surface area contributed by atoms with E-state index in [0.29, 0.717) is 12.5 Å². The molecular weight excluding hydrogens is 164 g/mol. The SMILES string of the molecule is CC(C)CO.CCc1cnccn1. The Morgan fingerprint density at radius 3 is 2.23 bits per heavy atom. The second kappa shape index (κ2) is 7.68. The maximum absolute atomic E-state index is 8.14. The molecule has 0 bridgehead atoms. The van der Waals surface area contributed by atoms with Gasteiger partial charge in [-0.05, 0) is 12.3 Å². The molecule has 0 spiro atoms. The summed E-state index contributed by atoms with van der Waals surface area (Å²) in [5, 5.41) is 8.14. The summed E-state index contributed by atoms with van der Waals surface area (Å²) < 4.78 is 0. The Kier molecular flexibility index (Phi) is 7.11. The van der Waals surface area contributed by atoms with E-state index in [1.165, 1.54) is 0 Å². The van der Waals surface area contributed by atoms with Crippen molar-refractivity contribution in [1.82, 2.24) is 9.97 Å². The van der Waals surface area contributed by atoms with E-state index >= 15 is 0 Å². The van der Waals surface area contributed by atoms with Crippen LogP contribution >= 0.6 is 0 Å². The molecule has 0 aliphatic heterocycles. The van der Waals surface area contributed by atoms with Crippen LogP contribution < -0.4 is 0 Å². The Bertz CT molecular complexity index is 199. The highest BCUT2D eigenvalue weighted by Gasteiger charge is 1.83. The van der Waals surface area contributed by atoms with Gasteiger partial charge < -0.3 is 5.11 Å². The van der Waals surface area contributed by atoms with E-state index in [4.69, 9.17) is 5.11 Å². The molecule has 0 saturated carbocycles. The van der Waals surface area contributed by atoms with Gasteiger partial charge in [-0.15, -0.1) is 0 Å². The monoisotopic (exact) mass is 182 g/mol. The zero-order valence-corrected chi connectivity index (χ0v) is 8.57. The summed E-state index contributed by atoms with van der Waals surface area (Å²) in [5.41, 5.74) is 1.05. The zero-order chi connectivity index (χ0) is 10.1. The van der Waals surface area contributed by atoms with Gasteiger partial charge in [-0.2, -0.15) is 0 Å². The van der Waals surface area contributed by atoms with E-state index in [2.05, 4.69) is 16.9 Å². The number of nitrogens with zero attached hydrogens (tertiary/aromatic N) is 2. The fourth-order valence-electron chi connectivity index (χ4n) is 0.513. The van der Waals surface area contributed by atoms with Crippen LogP contribution in [0.1, 0.15) is 26.5 Å². The van der Waals surface area contributed by atoms with Gasteiger partial charge in [-0.1, -0.05) is 20.8 Å². The molecule has 0 amide bonds. The first-order valence-electron chi connectivity index (χ1n) is 4.56. The molecule has 0 aliphatic carbocycles. The van der Waals surface area contributed by atoms with Gasteiger partial charge in [0.15, 0.2) is 0 Å². The van der Waals surface area contributed by atoms with Gasteiger partial charge in [0.2, 0.25) is 0 Å². The van der Waals surface area contributed by atoms with Crippen LogP contribution in [0.3, 0.4) is 0 Å². The molecule has 1 rings (SSSR count). The summed E-state index contributed by atoms with van der Waals surface area (Å²) in [6.45, 7) is 6.31. The van der Waals surface area contributed by atoms with E-state index in [0.717, 1.165) is 12.1 Å². The van der Waals surface area contributed by atoms with Gasteiger partial charge in [0.05, 0.1) is 5.69 Å². The van der Waals surface area contributed by atoms with Crippen molar-refractivity contribution in [3.63, 3.8) is 0 Å². The maximum atomic E-state index is 8.14. The average molecular weight is 182 g/mol. The van der Waals surface area contributed by atoms with Crippen molar-refractivity contribution >= 4 is 0 Å². The molecule has 1 N–H and O–H groups in total. The van der Waals surface area contributed by atoms with Gasteiger partial charge >= 0.3 is 0 Å². The Morgan fingerprint density at radius 1 is 1.38 bits per heavy atom. The lowest BCUT2D eigenvalue weighted by Crippen LogP contribution is -1.90. The van der Waals surface area contributed by atoms with Crippen LogP contribution in [0.25, 0.3) is 0 Å². The summed E-state index contributed by atoms with van der Waals surface area (Å²) in [4.78, 5) is 7.93. The molecule has 0 radical (unpaired) electrons. The Morgan fingerprint density at radius 2 is 2.00 bits per heavy atom. The van der Waals surface area contributed by atoms with E-state index in [1.807, 2.05) is 13.8 Å². The second-order valence-electron chi connectivity index (χ2n) is 3.13. The van der Waals surface area contributed by atoms with Crippen LogP contribution in [0, 0.1) is 5.92 Å². The Hall–Kier alpha value is -0.960. The number of aliphatic hydroxyl groups excluding tert-OH is 1. The lowest BCUT2D eigenvalue weighted by molar-refractivity contribution is 0.248. The molecule has 1 aromatic heterocycles. The number of aromatic nitrogens is 2. The Balaban J connectivity index is 0.000000252. The van der Waals surface area contributed by atoms with Crippen molar-refractivity contribution in [2.45, 2.75) is 27.2 Å². The molecule has 13 heavy (non-hydrogen) atoms. The predicted molar refractivity (Wildman–Crippen MR) is 53.3 cm³/mol. The predicted octanol–water partition coefficient (Wildman–Crippen LogP) is 1.67. The largest absolute Gasteiger partial charge is 0.396 e. The van der Waals surface area contributed by atoms with Crippen LogP contribution in [0.5, 0.6) is 0 Å². The fourth-order valence-corrected chi connectivity index (χ4v) is 0.513. The van der Waals surface area contributed by atoms with Gasteiger partial charge in [0.1, 0.15) is 0 Å². The number of hydrogen-bond donors (Lipinski definition) is 1. The summed E-state index contributed by atoms with van der Waals surface area (Å²) in [7, 11) is 0. The molecule has 74 valence electrons. The smallest absolute Gasteiger partial charge is 0.0583 e. The van der Waals surface area contributed by atoms with Crippen LogP contribution in [0.2, 0.25) is 0 Å². The molecule has 0 atom stereocenters. The highest BCUT2D eigenvalue weighted by molar-refractivity contribution is 4.92. The van der Waals surface area contributed by atoms with Crippen LogP contribution in [-0.4, -0.2) is 21.7 Å². The van der Waals surface area contributed by atoms with Crippen LogP contribution in [-0.2, 0) is 6.42 Å². The highest BCUT2D eigenvalue weighted by Crippen LogP contribution is 1.87. The lowest BCUT2D eigenvalue weighted by atomic mass is 10.2. The normalized spacial score (nSPS) is 9.31. The van der Waals surface area contributed by atoms with E-state index in [1.54, 1.807) is 18.6 Å². The minimum atomic E-state index is 0.306. The van der Waals surface area contributed by atoms with Crippen LogP contribution in [0.4, 0.5) is 0 Å².